The standard InChI is InChI=1S/C13H17BrClNO2/c1-9(2)16(6-7-18-3)13(17)11-5-4-10(15)8-12(11)14/h4-5,8-9H,6-7H2,1-3H3. The van der Waals surface area contributed by atoms with Gasteiger partial charge < -0.3 is 9.64 Å². The van der Waals surface area contributed by atoms with Crippen molar-refractivity contribution in [1.82, 2.24) is 4.90 Å². The number of halogens is 2. The molecule has 0 fully saturated rings. The lowest BCUT2D eigenvalue weighted by Crippen LogP contribution is -2.39. The Hall–Kier alpha value is -0.580. The molecule has 0 N–H and O–H groups in total. The molecule has 1 amide bonds. The molecule has 100 valence electrons. The Kier molecular flexibility index (Phi) is 6.12. The average molecular weight is 335 g/mol. The number of amides is 1. The summed E-state index contributed by atoms with van der Waals surface area (Å²) in [5.41, 5.74) is 0.615. The molecule has 0 unspecified atom stereocenters. The van der Waals surface area contributed by atoms with Crippen molar-refractivity contribution < 1.29 is 9.53 Å². The van der Waals surface area contributed by atoms with Crippen molar-refractivity contribution in [3.05, 3.63) is 33.3 Å². The van der Waals surface area contributed by atoms with Gasteiger partial charge in [0.2, 0.25) is 0 Å². The predicted octanol–water partition coefficient (Wildman–Crippen LogP) is 3.60. The first-order chi connectivity index (χ1) is 8.47. The van der Waals surface area contributed by atoms with Gasteiger partial charge in [-0.05, 0) is 48.0 Å². The summed E-state index contributed by atoms with van der Waals surface area (Å²) in [6.07, 6.45) is 0. The summed E-state index contributed by atoms with van der Waals surface area (Å²) in [4.78, 5) is 14.2. The van der Waals surface area contributed by atoms with E-state index in [9.17, 15) is 4.79 Å². The van der Waals surface area contributed by atoms with E-state index in [1.165, 1.54) is 0 Å². The number of nitrogens with zero attached hydrogens (tertiary/aromatic N) is 1. The normalized spacial score (nSPS) is 10.8. The molecular formula is C13H17BrClNO2. The fourth-order valence-electron chi connectivity index (χ4n) is 1.60. The van der Waals surface area contributed by atoms with Crippen LogP contribution in [0.1, 0.15) is 24.2 Å². The van der Waals surface area contributed by atoms with Crippen LogP contribution >= 0.6 is 27.5 Å². The predicted molar refractivity (Wildman–Crippen MR) is 77.2 cm³/mol. The number of carbonyl (C=O) groups excluding carboxylic acids is 1. The van der Waals surface area contributed by atoms with Crippen molar-refractivity contribution >= 4 is 33.4 Å². The summed E-state index contributed by atoms with van der Waals surface area (Å²) >= 11 is 9.24. The fraction of sp³-hybridized carbons (Fsp3) is 0.462. The third-order valence-electron chi connectivity index (χ3n) is 2.58. The van der Waals surface area contributed by atoms with Gasteiger partial charge in [-0.3, -0.25) is 4.79 Å². The van der Waals surface area contributed by atoms with Gasteiger partial charge in [-0.15, -0.1) is 0 Å². The summed E-state index contributed by atoms with van der Waals surface area (Å²) in [5.74, 6) is -0.0226. The lowest BCUT2D eigenvalue weighted by Gasteiger charge is -2.27. The first-order valence-corrected chi connectivity index (χ1v) is 6.89. The van der Waals surface area contributed by atoms with Crippen molar-refractivity contribution in [2.75, 3.05) is 20.3 Å². The first kappa shape index (κ1) is 15.5. The fourth-order valence-corrected chi connectivity index (χ4v) is 2.45. The molecule has 0 aliphatic carbocycles. The Morgan fingerprint density at radius 1 is 1.50 bits per heavy atom. The molecule has 0 aliphatic rings. The van der Waals surface area contributed by atoms with Crippen molar-refractivity contribution in [2.45, 2.75) is 19.9 Å². The Labute approximate surface area is 121 Å². The van der Waals surface area contributed by atoms with E-state index in [-0.39, 0.29) is 11.9 Å². The summed E-state index contributed by atoms with van der Waals surface area (Å²) in [6, 6.07) is 5.30. The monoisotopic (exact) mass is 333 g/mol. The third-order valence-corrected chi connectivity index (χ3v) is 3.47. The minimum atomic E-state index is -0.0226. The van der Waals surface area contributed by atoms with Crippen LogP contribution in [0.15, 0.2) is 22.7 Å². The molecule has 1 aromatic carbocycles. The van der Waals surface area contributed by atoms with Crippen LogP contribution in [0, 0.1) is 0 Å². The molecule has 3 nitrogen and oxygen atoms in total. The molecule has 0 atom stereocenters. The second-order valence-electron chi connectivity index (χ2n) is 4.21. The minimum absolute atomic E-state index is 0.0226. The molecular weight excluding hydrogens is 318 g/mol. The molecule has 1 rings (SSSR count). The topological polar surface area (TPSA) is 29.5 Å². The van der Waals surface area contributed by atoms with E-state index >= 15 is 0 Å². The number of hydrogen-bond donors (Lipinski definition) is 0. The Morgan fingerprint density at radius 3 is 2.67 bits per heavy atom. The molecule has 0 heterocycles. The zero-order valence-electron chi connectivity index (χ0n) is 10.7. The Morgan fingerprint density at radius 2 is 2.17 bits per heavy atom. The van der Waals surface area contributed by atoms with Crippen molar-refractivity contribution in [2.24, 2.45) is 0 Å². The van der Waals surface area contributed by atoms with Gasteiger partial charge in [0.05, 0.1) is 12.2 Å². The number of ether oxygens (including phenoxy) is 1. The highest BCUT2D eigenvalue weighted by molar-refractivity contribution is 9.10. The lowest BCUT2D eigenvalue weighted by atomic mass is 10.1. The smallest absolute Gasteiger partial charge is 0.255 e. The second-order valence-corrected chi connectivity index (χ2v) is 5.50. The molecule has 1 aromatic rings. The zero-order valence-corrected chi connectivity index (χ0v) is 13.1. The minimum Gasteiger partial charge on any atom is -0.383 e. The largest absolute Gasteiger partial charge is 0.383 e. The summed E-state index contributed by atoms with van der Waals surface area (Å²) in [6.45, 7) is 5.06. The van der Waals surface area contributed by atoms with Gasteiger partial charge in [-0.25, -0.2) is 0 Å². The van der Waals surface area contributed by atoms with Gasteiger partial charge in [-0.2, -0.15) is 0 Å². The van der Waals surface area contributed by atoms with Crippen molar-refractivity contribution in [3.8, 4) is 0 Å². The maximum absolute atomic E-state index is 12.4. The molecule has 0 bridgehead atoms. The van der Waals surface area contributed by atoms with Crippen LogP contribution in [0.25, 0.3) is 0 Å². The van der Waals surface area contributed by atoms with Gasteiger partial charge in [-0.1, -0.05) is 11.6 Å². The van der Waals surface area contributed by atoms with E-state index in [1.54, 1.807) is 30.2 Å². The molecule has 18 heavy (non-hydrogen) atoms. The SMILES string of the molecule is COCCN(C(=O)c1ccc(Cl)cc1Br)C(C)C. The molecule has 0 saturated carbocycles. The van der Waals surface area contributed by atoms with E-state index in [4.69, 9.17) is 16.3 Å². The van der Waals surface area contributed by atoms with Gasteiger partial charge in [0.25, 0.3) is 5.91 Å². The van der Waals surface area contributed by atoms with Gasteiger partial charge in [0.1, 0.15) is 0 Å². The molecule has 0 saturated heterocycles. The summed E-state index contributed by atoms with van der Waals surface area (Å²) in [5, 5.41) is 0.603. The van der Waals surface area contributed by atoms with Crippen LogP contribution < -0.4 is 0 Å². The molecule has 0 aliphatic heterocycles. The van der Waals surface area contributed by atoms with Crippen LogP contribution in [0.3, 0.4) is 0 Å². The van der Waals surface area contributed by atoms with Crippen LogP contribution in [0.2, 0.25) is 5.02 Å². The molecule has 5 heteroatoms. The third kappa shape index (κ3) is 3.97. The van der Waals surface area contributed by atoms with Crippen LogP contribution in [0.4, 0.5) is 0 Å². The molecule has 0 radical (unpaired) electrons. The number of benzene rings is 1. The van der Waals surface area contributed by atoms with Gasteiger partial charge in [0.15, 0.2) is 0 Å². The first-order valence-electron chi connectivity index (χ1n) is 5.72. The van der Waals surface area contributed by atoms with E-state index in [0.717, 1.165) is 0 Å². The van der Waals surface area contributed by atoms with Crippen molar-refractivity contribution in [1.29, 1.82) is 0 Å². The van der Waals surface area contributed by atoms with E-state index in [2.05, 4.69) is 15.9 Å². The Bertz CT molecular complexity index is 423. The van der Waals surface area contributed by atoms with Crippen LogP contribution in [0.5, 0.6) is 0 Å². The highest BCUT2D eigenvalue weighted by Crippen LogP contribution is 2.23. The number of rotatable bonds is 5. The zero-order chi connectivity index (χ0) is 13.7. The maximum atomic E-state index is 12.4. The number of carbonyl (C=O) groups is 1. The number of hydrogen-bond acceptors (Lipinski definition) is 2. The van der Waals surface area contributed by atoms with E-state index in [0.29, 0.717) is 28.2 Å². The summed E-state index contributed by atoms with van der Waals surface area (Å²) < 4.78 is 5.74. The highest BCUT2D eigenvalue weighted by Gasteiger charge is 2.20. The maximum Gasteiger partial charge on any atom is 0.255 e. The van der Waals surface area contributed by atoms with E-state index in [1.807, 2.05) is 13.8 Å². The van der Waals surface area contributed by atoms with Gasteiger partial charge >= 0.3 is 0 Å². The number of methoxy groups -OCH3 is 1. The van der Waals surface area contributed by atoms with Gasteiger partial charge in [0, 0.05) is 29.2 Å². The van der Waals surface area contributed by atoms with E-state index < -0.39 is 0 Å². The highest BCUT2D eigenvalue weighted by atomic mass is 79.9. The lowest BCUT2D eigenvalue weighted by molar-refractivity contribution is 0.0634. The van der Waals surface area contributed by atoms with Crippen molar-refractivity contribution in [3.63, 3.8) is 0 Å². The average Bonchev–Trinajstić information content (AvgIpc) is 2.28. The second kappa shape index (κ2) is 7.12. The molecule has 0 aromatic heterocycles. The molecule has 0 spiro atoms. The quantitative estimate of drug-likeness (QED) is 0.823. The Balaban J connectivity index is 2.94. The summed E-state index contributed by atoms with van der Waals surface area (Å²) in [7, 11) is 1.63. The van der Waals surface area contributed by atoms with Crippen LogP contribution in [-0.4, -0.2) is 37.1 Å². The van der Waals surface area contributed by atoms with Crippen LogP contribution in [-0.2, 0) is 4.74 Å².